The molecule has 0 bridgehead atoms. The molecule has 1 saturated heterocycles. The summed E-state index contributed by atoms with van der Waals surface area (Å²) in [5.74, 6) is 0.608. The predicted octanol–water partition coefficient (Wildman–Crippen LogP) is 2.43. The highest BCUT2D eigenvalue weighted by molar-refractivity contribution is 5.83. The highest BCUT2D eigenvalue weighted by Crippen LogP contribution is 2.21. The van der Waals surface area contributed by atoms with Crippen LogP contribution in [0.4, 0.5) is 5.69 Å². The summed E-state index contributed by atoms with van der Waals surface area (Å²) in [7, 11) is 0. The number of aromatic nitrogens is 1. The van der Waals surface area contributed by atoms with E-state index in [1.165, 1.54) is 0 Å². The molecule has 1 aliphatic heterocycles. The molecule has 2 heterocycles. The van der Waals surface area contributed by atoms with Crippen molar-refractivity contribution in [1.82, 2.24) is 9.88 Å². The van der Waals surface area contributed by atoms with E-state index in [2.05, 4.69) is 10.3 Å². The number of piperidine rings is 1. The molecule has 1 aromatic heterocycles. The van der Waals surface area contributed by atoms with Crippen LogP contribution in [0, 0.1) is 5.92 Å². The largest absolute Gasteiger partial charge is 0.385 e. The fraction of sp³-hybridized carbons (Fsp3) is 0.368. The summed E-state index contributed by atoms with van der Waals surface area (Å²) in [5, 5.41) is 3.44. The van der Waals surface area contributed by atoms with Crippen molar-refractivity contribution in [2.24, 2.45) is 11.7 Å². The first-order chi connectivity index (χ1) is 11.7. The van der Waals surface area contributed by atoms with Gasteiger partial charge in [-0.2, -0.15) is 0 Å². The van der Waals surface area contributed by atoms with Crippen molar-refractivity contribution in [3.05, 3.63) is 60.4 Å². The molecule has 24 heavy (non-hydrogen) atoms. The first kappa shape index (κ1) is 16.5. The average molecular weight is 324 g/mol. The number of nitrogens with zero attached hydrogens (tertiary/aromatic N) is 2. The van der Waals surface area contributed by atoms with E-state index in [9.17, 15) is 4.79 Å². The molecular formula is C19H24N4O. The number of benzene rings is 1. The lowest BCUT2D eigenvalue weighted by Gasteiger charge is -2.33. The number of rotatable bonds is 5. The van der Waals surface area contributed by atoms with Gasteiger partial charge in [-0.05, 0) is 36.5 Å². The van der Waals surface area contributed by atoms with Gasteiger partial charge in [-0.1, -0.05) is 30.3 Å². The Morgan fingerprint density at radius 1 is 1.17 bits per heavy atom. The fourth-order valence-electron chi connectivity index (χ4n) is 3.09. The van der Waals surface area contributed by atoms with Crippen molar-refractivity contribution in [3.63, 3.8) is 0 Å². The minimum atomic E-state index is -0.558. The Kier molecular flexibility index (Phi) is 5.43. The predicted molar refractivity (Wildman–Crippen MR) is 95.4 cm³/mol. The van der Waals surface area contributed by atoms with Crippen LogP contribution in [0.2, 0.25) is 0 Å². The van der Waals surface area contributed by atoms with Crippen LogP contribution >= 0.6 is 0 Å². The molecule has 1 amide bonds. The Labute approximate surface area is 142 Å². The van der Waals surface area contributed by atoms with Gasteiger partial charge >= 0.3 is 0 Å². The summed E-state index contributed by atoms with van der Waals surface area (Å²) >= 11 is 0. The smallest absolute Gasteiger partial charge is 0.244 e. The van der Waals surface area contributed by atoms with Gasteiger partial charge in [0.2, 0.25) is 5.91 Å². The first-order valence-electron chi connectivity index (χ1n) is 8.47. The number of pyridine rings is 1. The molecular weight excluding hydrogens is 300 g/mol. The van der Waals surface area contributed by atoms with E-state index in [-0.39, 0.29) is 5.91 Å². The number of nitrogens with one attached hydrogen (secondary N) is 1. The quantitative estimate of drug-likeness (QED) is 0.886. The van der Waals surface area contributed by atoms with Crippen LogP contribution in [0.5, 0.6) is 0 Å². The topological polar surface area (TPSA) is 71.2 Å². The van der Waals surface area contributed by atoms with E-state index in [0.717, 1.165) is 43.7 Å². The molecule has 5 nitrogen and oxygen atoms in total. The van der Waals surface area contributed by atoms with Crippen LogP contribution in [0.15, 0.2) is 54.9 Å². The third kappa shape index (κ3) is 4.11. The monoisotopic (exact) mass is 324 g/mol. The minimum Gasteiger partial charge on any atom is -0.385 e. The summed E-state index contributed by atoms with van der Waals surface area (Å²) < 4.78 is 0. The number of amides is 1. The fourth-order valence-corrected chi connectivity index (χ4v) is 3.09. The zero-order chi connectivity index (χ0) is 16.8. The van der Waals surface area contributed by atoms with Crippen molar-refractivity contribution < 1.29 is 4.79 Å². The Morgan fingerprint density at radius 2 is 1.83 bits per heavy atom. The van der Waals surface area contributed by atoms with Gasteiger partial charge < -0.3 is 16.0 Å². The molecule has 1 aromatic carbocycles. The number of likely N-dealkylation sites (tertiary alicyclic amines) is 1. The van der Waals surface area contributed by atoms with Gasteiger partial charge in [0.05, 0.1) is 0 Å². The van der Waals surface area contributed by atoms with Crippen molar-refractivity contribution in [2.75, 3.05) is 25.0 Å². The molecule has 2 aromatic rings. The van der Waals surface area contributed by atoms with Gasteiger partial charge in [-0.25, -0.2) is 0 Å². The normalized spacial score (nSPS) is 16.6. The third-order valence-corrected chi connectivity index (χ3v) is 4.63. The SMILES string of the molecule is N[C@@H](C(=O)N1CCC(CNc2ccncc2)CC1)c1ccccc1. The number of carbonyl (C=O) groups is 1. The van der Waals surface area contributed by atoms with E-state index >= 15 is 0 Å². The zero-order valence-corrected chi connectivity index (χ0v) is 13.8. The molecule has 1 atom stereocenters. The summed E-state index contributed by atoms with van der Waals surface area (Å²) in [5.41, 5.74) is 8.10. The molecule has 0 radical (unpaired) electrons. The molecule has 1 aliphatic rings. The second kappa shape index (κ2) is 7.93. The Bertz CT molecular complexity index is 639. The zero-order valence-electron chi connectivity index (χ0n) is 13.8. The van der Waals surface area contributed by atoms with Crippen molar-refractivity contribution >= 4 is 11.6 Å². The highest BCUT2D eigenvalue weighted by Gasteiger charge is 2.26. The summed E-state index contributed by atoms with van der Waals surface area (Å²) in [4.78, 5) is 18.5. The molecule has 0 aliphatic carbocycles. The van der Waals surface area contributed by atoms with Gasteiger partial charge in [-0.3, -0.25) is 9.78 Å². The van der Waals surface area contributed by atoms with Crippen LogP contribution in [-0.4, -0.2) is 35.4 Å². The van der Waals surface area contributed by atoms with Gasteiger partial charge in [0.1, 0.15) is 6.04 Å². The first-order valence-corrected chi connectivity index (χ1v) is 8.47. The lowest BCUT2D eigenvalue weighted by atomic mass is 9.95. The van der Waals surface area contributed by atoms with Crippen LogP contribution in [0.1, 0.15) is 24.4 Å². The van der Waals surface area contributed by atoms with E-state index in [1.54, 1.807) is 12.4 Å². The van der Waals surface area contributed by atoms with Crippen molar-refractivity contribution in [2.45, 2.75) is 18.9 Å². The third-order valence-electron chi connectivity index (χ3n) is 4.63. The standard InChI is InChI=1S/C19H24N4O/c20-18(16-4-2-1-3-5-16)19(24)23-12-8-15(9-13-23)14-22-17-6-10-21-11-7-17/h1-7,10-11,15,18H,8-9,12-14,20H2,(H,21,22)/t18-/m1/s1. The maximum Gasteiger partial charge on any atom is 0.244 e. The number of anilines is 1. The second-order valence-corrected chi connectivity index (χ2v) is 6.27. The van der Waals surface area contributed by atoms with Crippen molar-refractivity contribution in [1.29, 1.82) is 0 Å². The maximum atomic E-state index is 12.6. The molecule has 0 saturated carbocycles. The van der Waals surface area contributed by atoms with E-state index in [4.69, 9.17) is 5.73 Å². The van der Waals surface area contributed by atoms with Gasteiger partial charge in [-0.15, -0.1) is 0 Å². The average Bonchev–Trinajstić information content (AvgIpc) is 2.67. The number of nitrogens with two attached hydrogens (primary N) is 1. The lowest BCUT2D eigenvalue weighted by molar-refractivity contribution is -0.134. The highest BCUT2D eigenvalue weighted by atomic mass is 16.2. The lowest BCUT2D eigenvalue weighted by Crippen LogP contribution is -2.44. The Morgan fingerprint density at radius 3 is 2.50 bits per heavy atom. The summed E-state index contributed by atoms with van der Waals surface area (Å²) in [6, 6.07) is 13.0. The summed E-state index contributed by atoms with van der Waals surface area (Å²) in [6.45, 7) is 2.49. The van der Waals surface area contributed by atoms with Crippen LogP contribution in [0.3, 0.4) is 0 Å². The molecule has 3 rings (SSSR count). The Balaban J connectivity index is 1.47. The molecule has 126 valence electrons. The Hall–Kier alpha value is -2.40. The van der Waals surface area contributed by atoms with Crippen LogP contribution in [-0.2, 0) is 4.79 Å². The number of carbonyl (C=O) groups excluding carboxylic acids is 1. The number of hydrogen-bond donors (Lipinski definition) is 2. The van der Waals surface area contributed by atoms with E-state index in [1.807, 2.05) is 47.4 Å². The van der Waals surface area contributed by atoms with E-state index < -0.39 is 6.04 Å². The molecule has 1 fully saturated rings. The van der Waals surface area contributed by atoms with Crippen LogP contribution in [0.25, 0.3) is 0 Å². The number of hydrogen-bond acceptors (Lipinski definition) is 4. The molecule has 5 heteroatoms. The summed E-state index contributed by atoms with van der Waals surface area (Å²) in [6.07, 6.45) is 5.58. The maximum absolute atomic E-state index is 12.6. The van der Waals surface area contributed by atoms with Crippen molar-refractivity contribution in [3.8, 4) is 0 Å². The molecule has 0 spiro atoms. The molecule has 0 unspecified atom stereocenters. The molecule has 3 N–H and O–H groups in total. The van der Waals surface area contributed by atoms with Crippen LogP contribution < -0.4 is 11.1 Å². The van der Waals surface area contributed by atoms with E-state index in [0.29, 0.717) is 5.92 Å². The van der Waals surface area contributed by atoms with Gasteiger partial charge in [0, 0.05) is 37.7 Å². The second-order valence-electron chi connectivity index (χ2n) is 6.27. The van der Waals surface area contributed by atoms with Gasteiger partial charge in [0.25, 0.3) is 0 Å². The van der Waals surface area contributed by atoms with Gasteiger partial charge in [0.15, 0.2) is 0 Å². The minimum absolute atomic E-state index is 0.0294.